The fraction of sp³-hybridized carbons (Fsp3) is 0.0714. The zero-order chi connectivity index (χ0) is 20.0. The lowest BCUT2D eigenvalue weighted by Crippen LogP contribution is -2.24. The SMILES string of the molecule is COc1c([N+](=O)[O-])cc(-n2c(N)c3c(cc2=O)C(=O)NC3=O)cc1[N+](=O)[O-]. The van der Waals surface area contributed by atoms with Crippen LogP contribution in [-0.4, -0.2) is 33.3 Å². The minimum atomic E-state index is -0.930. The number of amides is 2. The number of fused-ring (bicyclic) bond motifs is 1. The van der Waals surface area contributed by atoms with Gasteiger partial charge in [0.1, 0.15) is 5.82 Å². The Hall–Kier alpha value is -4.29. The molecule has 0 fully saturated rings. The molecular weight excluding hydrogens is 366 g/mol. The standard InChI is InChI=1S/C14H9N5O8/c1-27-11-7(18(23)24)2-5(3-8(11)19(25)26)17-9(20)4-6-10(12(17)15)14(22)16-13(6)21/h2-4H,15H2,1H3,(H,16,21,22). The second-order valence-electron chi connectivity index (χ2n) is 5.31. The van der Waals surface area contributed by atoms with E-state index in [-0.39, 0.29) is 16.8 Å². The summed E-state index contributed by atoms with van der Waals surface area (Å²) in [5, 5.41) is 24.5. The summed E-state index contributed by atoms with van der Waals surface area (Å²) in [4.78, 5) is 56.6. The van der Waals surface area contributed by atoms with Crippen molar-refractivity contribution in [3.63, 3.8) is 0 Å². The van der Waals surface area contributed by atoms with Gasteiger partial charge in [-0.15, -0.1) is 0 Å². The van der Waals surface area contributed by atoms with Crippen LogP contribution in [-0.2, 0) is 0 Å². The molecule has 13 heteroatoms. The molecule has 1 aliphatic rings. The summed E-state index contributed by atoms with van der Waals surface area (Å²) in [6, 6.07) is 2.49. The number of anilines is 1. The van der Waals surface area contributed by atoms with Crippen LogP contribution in [0.5, 0.6) is 5.75 Å². The number of rotatable bonds is 4. The molecule has 3 N–H and O–H groups in total. The van der Waals surface area contributed by atoms with Crippen LogP contribution in [0.25, 0.3) is 5.69 Å². The average Bonchev–Trinajstić information content (AvgIpc) is 2.87. The van der Waals surface area contributed by atoms with E-state index in [0.29, 0.717) is 4.57 Å². The maximum Gasteiger partial charge on any atom is 0.320 e. The highest BCUT2D eigenvalue weighted by molar-refractivity contribution is 6.23. The van der Waals surface area contributed by atoms with E-state index in [1.54, 1.807) is 0 Å². The highest BCUT2D eigenvalue weighted by Crippen LogP contribution is 2.39. The minimum Gasteiger partial charge on any atom is -0.485 e. The topological polar surface area (TPSA) is 190 Å². The number of hydrogen-bond acceptors (Lipinski definition) is 9. The lowest BCUT2D eigenvalue weighted by molar-refractivity contribution is -0.395. The van der Waals surface area contributed by atoms with Gasteiger partial charge >= 0.3 is 11.4 Å². The van der Waals surface area contributed by atoms with Crippen LogP contribution in [0.4, 0.5) is 17.2 Å². The molecule has 1 aromatic heterocycles. The Labute approximate surface area is 148 Å². The molecule has 3 rings (SSSR count). The number of imide groups is 1. The number of nitro groups is 2. The molecule has 0 unspecified atom stereocenters. The number of carbonyl (C=O) groups excluding carboxylic acids is 2. The van der Waals surface area contributed by atoms with Crippen molar-refractivity contribution in [3.8, 4) is 11.4 Å². The van der Waals surface area contributed by atoms with Gasteiger partial charge in [0.25, 0.3) is 23.1 Å². The molecule has 0 bridgehead atoms. The molecule has 0 saturated carbocycles. The molecule has 1 aliphatic heterocycles. The maximum atomic E-state index is 12.4. The van der Waals surface area contributed by atoms with Crippen LogP contribution in [0.15, 0.2) is 23.0 Å². The number of nitrogens with two attached hydrogens (primary N) is 1. The first-order valence-electron chi connectivity index (χ1n) is 7.09. The number of nitrogens with one attached hydrogen (secondary N) is 1. The van der Waals surface area contributed by atoms with Gasteiger partial charge in [-0.3, -0.25) is 44.5 Å². The zero-order valence-electron chi connectivity index (χ0n) is 13.4. The Morgan fingerprint density at radius 2 is 1.59 bits per heavy atom. The predicted molar refractivity (Wildman–Crippen MR) is 88.1 cm³/mol. The van der Waals surface area contributed by atoms with Crippen LogP contribution < -0.4 is 21.3 Å². The number of ether oxygens (including phenoxy) is 1. The molecule has 138 valence electrons. The van der Waals surface area contributed by atoms with Crippen molar-refractivity contribution in [2.24, 2.45) is 0 Å². The lowest BCUT2D eigenvalue weighted by atomic mass is 10.1. The third kappa shape index (κ3) is 2.53. The molecule has 2 heterocycles. The molecule has 0 spiro atoms. The summed E-state index contributed by atoms with van der Waals surface area (Å²) in [6.07, 6.45) is 0. The third-order valence-corrected chi connectivity index (χ3v) is 3.84. The molecule has 27 heavy (non-hydrogen) atoms. The van der Waals surface area contributed by atoms with Crippen LogP contribution in [0, 0.1) is 20.2 Å². The van der Waals surface area contributed by atoms with Crippen LogP contribution in [0.2, 0.25) is 0 Å². The van der Waals surface area contributed by atoms with Crippen molar-refractivity contribution in [1.82, 2.24) is 9.88 Å². The van der Waals surface area contributed by atoms with Gasteiger partial charge in [0.15, 0.2) is 0 Å². The van der Waals surface area contributed by atoms with E-state index < -0.39 is 50.2 Å². The first-order chi connectivity index (χ1) is 12.7. The average molecular weight is 375 g/mol. The molecule has 0 saturated heterocycles. The predicted octanol–water partition coefficient (Wildman–Crippen LogP) is 0.128. The Bertz CT molecular complexity index is 1080. The monoisotopic (exact) mass is 375 g/mol. The number of benzene rings is 1. The normalized spacial score (nSPS) is 12.5. The van der Waals surface area contributed by atoms with E-state index >= 15 is 0 Å². The molecule has 0 atom stereocenters. The van der Waals surface area contributed by atoms with Crippen molar-refractivity contribution < 1.29 is 24.2 Å². The lowest BCUT2D eigenvalue weighted by Gasteiger charge is -2.12. The number of methoxy groups -OCH3 is 1. The van der Waals surface area contributed by atoms with E-state index in [4.69, 9.17) is 10.5 Å². The van der Waals surface area contributed by atoms with Crippen LogP contribution >= 0.6 is 0 Å². The van der Waals surface area contributed by atoms with Crippen molar-refractivity contribution in [2.45, 2.75) is 0 Å². The number of carbonyl (C=O) groups is 2. The second-order valence-corrected chi connectivity index (χ2v) is 5.31. The number of aromatic nitrogens is 1. The number of nitrogen functional groups attached to an aromatic ring is 1. The van der Waals surface area contributed by atoms with E-state index in [1.165, 1.54) is 0 Å². The third-order valence-electron chi connectivity index (χ3n) is 3.84. The van der Waals surface area contributed by atoms with Gasteiger partial charge in [-0.1, -0.05) is 0 Å². The zero-order valence-corrected chi connectivity index (χ0v) is 13.4. The number of nitrogens with zero attached hydrogens (tertiary/aromatic N) is 3. The largest absolute Gasteiger partial charge is 0.485 e. The van der Waals surface area contributed by atoms with E-state index in [2.05, 4.69) is 0 Å². The van der Waals surface area contributed by atoms with Gasteiger partial charge in [0.2, 0.25) is 0 Å². The summed E-state index contributed by atoms with van der Waals surface area (Å²) in [5.74, 6) is -2.79. The van der Waals surface area contributed by atoms with Gasteiger partial charge in [-0.2, -0.15) is 0 Å². The van der Waals surface area contributed by atoms with Gasteiger partial charge in [0.05, 0.1) is 33.8 Å². The van der Waals surface area contributed by atoms with Gasteiger partial charge in [-0.05, 0) is 0 Å². The Balaban J connectivity index is 2.39. The second kappa shape index (κ2) is 5.91. The highest BCUT2D eigenvalue weighted by Gasteiger charge is 2.34. The molecule has 2 aromatic rings. The molecule has 0 radical (unpaired) electrons. The molecule has 1 aromatic carbocycles. The van der Waals surface area contributed by atoms with E-state index in [9.17, 15) is 34.6 Å². The van der Waals surface area contributed by atoms with Crippen molar-refractivity contribution in [2.75, 3.05) is 12.8 Å². The smallest absolute Gasteiger partial charge is 0.320 e. The molecule has 13 nitrogen and oxygen atoms in total. The number of hydrogen-bond donors (Lipinski definition) is 2. The number of pyridine rings is 1. The Morgan fingerprint density at radius 1 is 1.04 bits per heavy atom. The summed E-state index contributed by atoms with van der Waals surface area (Å²) in [6.45, 7) is 0. The van der Waals surface area contributed by atoms with E-state index in [0.717, 1.165) is 25.3 Å². The number of nitro benzene ring substituents is 2. The molecule has 2 amide bonds. The first kappa shape index (κ1) is 17.5. The Kier molecular flexibility index (Phi) is 3.83. The van der Waals surface area contributed by atoms with Crippen molar-refractivity contribution in [1.29, 1.82) is 0 Å². The van der Waals surface area contributed by atoms with E-state index in [1.807, 2.05) is 5.32 Å². The first-order valence-corrected chi connectivity index (χ1v) is 7.09. The molecule has 0 aliphatic carbocycles. The summed E-state index contributed by atoms with van der Waals surface area (Å²) < 4.78 is 5.41. The fourth-order valence-electron chi connectivity index (χ4n) is 2.74. The minimum absolute atomic E-state index is 0.253. The molecular formula is C14H9N5O8. The van der Waals surface area contributed by atoms with Gasteiger partial charge < -0.3 is 10.5 Å². The maximum absolute atomic E-state index is 12.4. The van der Waals surface area contributed by atoms with Crippen molar-refractivity contribution >= 4 is 29.0 Å². The van der Waals surface area contributed by atoms with Gasteiger partial charge in [-0.25, -0.2) is 0 Å². The fourth-order valence-corrected chi connectivity index (χ4v) is 2.74. The Morgan fingerprint density at radius 3 is 2.07 bits per heavy atom. The highest BCUT2D eigenvalue weighted by atomic mass is 16.6. The summed E-state index contributed by atoms with van der Waals surface area (Å²) in [7, 11) is 1.01. The van der Waals surface area contributed by atoms with Crippen LogP contribution in [0.1, 0.15) is 20.7 Å². The summed E-state index contributed by atoms with van der Waals surface area (Å²) in [5.41, 5.74) is 2.44. The quantitative estimate of drug-likeness (QED) is 0.425. The van der Waals surface area contributed by atoms with Crippen LogP contribution in [0.3, 0.4) is 0 Å². The summed E-state index contributed by atoms with van der Waals surface area (Å²) >= 11 is 0. The van der Waals surface area contributed by atoms with Gasteiger partial charge in [0, 0.05) is 18.2 Å². The van der Waals surface area contributed by atoms with Crippen molar-refractivity contribution in [3.05, 3.63) is 59.9 Å².